The minimum atomic E-state index is -0.273. The van der Waals surface area contributed by atoms with E-state index in [1.807, 2.05) is 26.1 Å². The number of rotatable bonds is 4. The summed E-state index contributed by atoms with van der Waals surface area (Å²) in [4.78, 5) is 13.9. The molecule has 2 aliphatic rings. The molecule has 0 amide bonds. The number of halogens is 1. The number of aryl methyl sites for hydroxylation is 1. The summed E-state index contributed by atoms with van der Waals surface area (Å²) >= 11 is 0. The van der Waals surface area contributed by atoms with Gasteiger partial charge in [0.2, 0.25) is 0 Å². The maximum atomic E-state index is 14.5. The van der Waals surface area contributed by atoms with Gasteiger partial charge in [-0.05, 0) is 68.5 Å². The zero-order valence-electron chi connectivity index (χ0n) is 18.7. The summed E-state index contributed by atoms with van der Waals surface area (Å²) in [6.07, 6.45) is 6.12. The molecule has 0 aliphatic heterocycles. The largest absolute Gasteiger partial charge is 0.423 e. The molecule has 2 aliphatic carbocycles. The van der Waals surface area contributed by atoms with Gasteiger partial charge in [0, 0.05) is 41.9 Å². The van der Waals surface area contributed by atoms with Crippen LogP contribution in [0, 0.1) is 12.7 Å². The molecule has 6 nitrogen and oxygen atoms in total. The summed E-state index contributed by atoms with van der Waals surface area (Å²) in [5, 5.41) is 3.13. The Hall–Kier alpha value is -3.06. The van der Waals surface area contributed by atoms with Crippen LogP contribution in [0.2, 0.25) is 0 Å². The zero-order valence-corrected chi connectivity index (χ0v) is 18.7. The Morgan fingerprint density at radius 2 is 2.09 bits per heavy atom. The summed E-state index contributed by atoms with van der Waals surface area (Å²) in [7, 11) is 1.81. The first-order valence-corrected chi connectivity index (χ1v) is 11.1. The molecular formula is C25H28FN5O. The van der Waals surface area contributed by atoms with Crippen molar-refractivity contribution >= 4 is 5.69 Å². The Bertz CT molecular complexity index is 1180. The molecule has 0 radical (unpaired) electrons. The fraction of sp³-hybridized carbons (Fsp3) is 0.400. The molecular weight excluding hydrogens is 405 g/mol. The van der Waals surface area contributed by atoms with E-state index >= 15 is 0 Å². The van der Waals surface area contributed by atoms with Gasteiger partial charge >= 0.3 is 6.01 Å². The first-order valence-electron chi connectivity index (χ1n) is 11.1. The van der Waals surface area contributed by atoms with Gasteiger partial charge in [0.15, 0.2) is 0 Å². The van der Waals surface area contributed by atoms with E-state index in [4.69, 9.17) is 20.4 Å². The van der Waals surface area contributed by atoms with Crippen molar-refractivity contribution in [2.45, 2.75) is 57.4 Å². The first kappa shape index (κ1) is 20.8. The molecule has 0 bridgehead atoms. The van der Waals surface area contributed by atoms with Crippen LogP contribution in [-0.4, -0.2) is 27.5 Å². The number of hydrogen-bond acceptors (Lipinski definition) is 6. The highest BCUT2D eigenvalue weighted by Crippen LogP contribution is 2.47. The lowest BCUT2D eigenvalue weighted by molar-refractivity contribution is 0.286. The van der Waals surface area contributed by atoms with E-state index in [0.717, 1.165) is 65.1 Å². The third kappa shape index (κ3) is 3.81. The molecule has 1 saturated carbocycles. The lowest BCUT2D eigenvalue weighted by Crippen LogP contribution is -2.40. The summed E-state index contributed by atoms with van der Waals surface area (Å²) in [6, 6.07) is 7.18. The molecule has 2 aromatic heterocycles. The second-order valence-electron chi connectivity index (χ2n) is 9.30. The quantitative estimate of drug-likeness (QED) is 0.466. The average molecular weight is 434 g/mol. The van der Waals surface area contributed by atoms with Crippen molar-refractivity contribution in [1.82, 2.24) is 15.0 Å². The molecule has 166 valence electrons. The zero-order chi connectivity index (χ0) is 22.5. The number of hydrogen-bond donors (Lipinski definition) is 2. The number of pyridine rings is 1. The van der Waals surface area contributed by atoms with Gasteiger partial charge in [-0.25, -0.2) is 4.39 Å². The average Bonchev–Trinajstić information content (AvgIpc) is 3.11. The second-order valence-corrected chi connectivity index (χ2v) is 9.30. The molecule has 1 aromatic carbocycles. The van der Waals surface area contributed by atoms with Crippen LogP contribution in [0.15, 0.2) is 30.5 Å². The number of benzene rings is 1. The third-order valence-electron chi connectivity index (χ3n) is 6.58. The summed E-state index contributed by atoms with van der Waals surface area (Å²) in [5.41, 5.74) is 12.6. The summed E-state index contributed by atoms with van der Waals surface area (Å²) in [6.45, 7) is 4.03. The Labute approximate surface area is 187 Å². The standard InChI is InChI=1S/C25H28FN5O/c1-14-6-7-17(13-29-14)32-24-30-21-11-18-19(9-16(26)10-20(18)28-3)22(21)23(31-24)15-5-4-8-25(2,27)12-15/h6-7,9-10,13,15,28H,4-5,8,11-12,27H2,1-3H3. The Balaban J connectivity index is 1.64. The van der Waals surface area contributed by atoms with Crippen LogP contribution in [0.1, 0.15) is 61.2 Å². The predicted molar refractivity (Wildman–Crippen MR) is 123 cm³/mol. The normalized spacial score (nSPS) is 21.7. The van der Waals surface area contributed by atoms with Gasteiger partial charge in [-0.1, -0.05) is 6.42 Å². The lowest BCUT2D eigenvalue weighted by Gasteiger charge is -2.35. The second kappa shape index (κ2) is 7.81. The smallest absolute Gasteiger partial charge is 0.322 e. The first-order chi connectivity index (χ1) is 15.3. The van der Waals surface area contributed by atoms with Crippen molar-refractivity contribution in [1.29, 1.82) is 0 Å². The topological polar surface area (TPSA) is 86.0 Å². The highest BCUT2D eigenvalue weighted by molar-refractivity contribution is 5.83. The van der Waals surface area contributed by atoms with Gasteiger partial charge in [-0.3, -0.25) is 4.98 Å². The van der Waals surface area contributed by atoms with Crippen LogP contribution in [0.4, 0.5) is 10.1 Å². The molecule has 1 fully saturated rings. The molecule has 0 spiro atoms. The minimum Gasteiger partial charge on any atom is -0.423 e. The van der Waals surface area contributed by atoms with E-state index in [0.29, 0.717) is 18.2 Å². The van der Waals surface area contributed by atoms with Crippen molar-refractivity contribution in [3.8, 4) is 22.9 Å². The van der Waals surface area contributed by atoms with Crippen LogP contribution in [-0.2, 0) is 6.42 Å². The van der Waals surface area contributed by atoms with Gasteiger partial charge < -0.3 is 15.8 Å². The summed E-state index contributed by atoms with van der Waals surface area (Å²) in [5.74, 6) is 0.484. The van der Waals surface area contributed by atoms with Crippen molar-refractivity contribution in [3.05, 3.63) is 58.9 Å². The SMILES string of the molecule is CNc1cc(F)cc2c1Cc1nc(Oc3ccc(C)nc3)nc(C3CCCC(C)(N)C3)c1-2. The van der Waals surface area contributed by atoms with Crippen molar-refractivity contribution in [2.75, 3.05) is 12.4 Å². The fourth-order valence-electron chi connectivity index (χ4n) is 5.08. The van der Waals surface area contributed by atoms with Crippen LogP contribution < -0.4 is 15.8 Å². The Morgan fingerprint density at radius 1 is 1.25 bits per heavy atom. The van der Waals surface area contributed by atoms with E-state index in [-0.39, 0.29) is 17.3 Å². The number of nitrogens with one attached hydrogen (secondary N) is 1. The number of fused-ring (bicyclic) bond motifs is 3. The molecule has 7 heteroatoms. The van der Waals surface area contributed by atoms with E-state index < -0.39 is 0 Å². The molecule has 0 saturated heterocycles. The molecule has 32 heavy (non-hydrogen) atoms. The van der Waals surface area contributed by atoms with Gasteiger partial charge in [0.1, 0.15) is 11.6 Å². The van der Waals surface area contributed by atoms with E-state index in [1.165, 1.54) is 6.07 Å². The number of anilines is 1. The molecule has 2 heterocycles. The maximum absolute atomic E-state index is 14.5. The number of ether oxygens (including phenoxy) is 1. The van der Waals surface area contributed by atoms with E-state index in [1.54, 1.807) is 12.3 Å². The van der Waals surface area contributed by atoms with Gasteiger partial charge in [0.25, 0.3) is 0 Å². The third-order valence-corrected chi connectivity index (χ3v) is 6.58. The van der Waals surface area contributed by atoms with Crippen molar-refractivity contribution < 1.29 is 9.13 Å². The Morgan fingerprint density at radius 3 is 2.81 bits per heavy atom. The maximum Gasteiger partial charge on any atom is 0.322 e. The number of aromatic nitrogens is 3. The molecule has 5 rings (SSSR count). The van der Waals surface area contributed by atoms with Crippen LogP contribution in [0.5, 0.6) is 11.8 Å². The summed E-state index contributed by atoms with van der Waals surface area (Å²) < 4.78 is 20.5. The van der Waals surface area contributed by atoms with Crippen molar-refractivity contribution in [2.24, 2.45) is 5.73 Å². The monoisotopic (exact) mass is 433 g/mol. The Kier molecular flexibility index (Phi) is 5.08. The van der Waals surface area contributed by atoms with Gasteiger partial charge in [0.05, 0.1) is 17.6 Å². The van der Waals surface area contributed by atoms with Gasteiger partial charge in [-0.2, -0.15) is 9.97 Å². The lowest BCUT2D eigenvalue weighted by atomic mass is 9.75. The number of nitrogens with zero attached hydrogens (tertiary/aromatic N) is 3. The van der Waals surface area contributed by atoms with E-state index in [9.17, 15) is 4.39 Å². The molecule has 3 aromatic rings. The van der Waals surface area contributed by atoms with E-state index in [2.05, 4.69) is 17.2 Å². The van der Waals surface area contributed by atoms with Gasteiger partial charge in [-0.15, -0.1) is 0 Å². The van der Waals surface area contributed by atoms with Crippen molar-refractivity contribution in [3.63, 3.8) is 0 Å². The number of nitrogens with two attached hydrogens (primary N) is 1. The molecule has 2 unspecified atom stereocenters. The predicted octanol–water partition coefficient (Wildman–Crippen LogP) is 5.10. The molecule has 3 N–H and O–H groups in total. The fourth-order valence-corrected chi connectivity index (χ4v) is 5.08. The van der Waals surface area contributed by atoms with Crippen LogP contribution in [0.3, 0.4) is 0 Å². The van der Waals surface area contributed by atoms with Crippen LogP contribution in [0.25, 0.3) is 11.1 Å². The highest BCUT2D eigenvalue weighted by atomic mass is 19.1. The van der Waals surface area contributed by atoms with Crippen LogP contribution >= 0.6 is 0 Å². The molecule has 2 atom stereocenters. The minimum absolute atomic E-state index is 0.168. The highest BCUT2D eigenvalue weighted by Gasteiger charge is 2.36.